The van der Waals surface area contributed by atoms with Crippen molar-refractivity contribution in [2.45, 2.75) is 18.8 Å². The lowest BCUT2D eigenvalue weighted by molar-refractivity contribution is -0.274. The lowest BCUT2D eigenvalue weighted by atomic mass is 10.0. The fraction of sp³-hybridized carbons (Fsp3) is 0.333. The third-order valence-electron chi connectivity index (χ3n) is 2.24. The van der Waals surface area contributed by atoms with E-state index in [0.717, 1.165) is 5.56 Å². The molecule has 0 fully saturated rings. The summed E-state index contributed by atoms with van der Waals surface area (Å²) in [5.41, 5.74) is 0.731. The van der Waals surface area contributed by atoms with Crippen molar-refractivity contribution in [1.82, 2.24) is 5.32 Å². The Bertz CT molecular complexity index is 376. The standard InChI is InChI=1S/C12H14F3NO/c1-3-5-11(16-2)9-6-4-7-10(8-9)17-12(13,14)15/h3-4,6-8,11,16H,1,5H2,2H3. The van der Waals surface area contributed by atoms with Crippen molar-refractivity contribution in [2.24, 2.45) is 0 Å². The van der Waals surface area contributed by atoms with Gasteiger partial charge in [-0.05, 0) is 31.2 Å². The number of nitrogens with one attached hydrogen (secondary N) is 1. The molecule has 0 heterocycles. The van der Waals surface area contributed by atoms with Crippen LogP contribution in [0.5, 0.6) is 5.75 Å². The highest BCUT2D eigenvalue weighted by Crippen LogP contribution is 2.26. The Morgan fingerprint density at radius 2 is 2.18 bits per heavy atom. The van der Waals surface area contributed by atoms with E-state index >= 15 is 0 Å². The molecule has 1 aromatic carbocycles. The van der Waals surface area contributed by atoms with E-state index in [1.807, 2.05) is 0 Å². The van der Waals surface area contributed by atoms with Crippen molar-refractivity contribution in [2.75, 3.05) is 7.05 Å². The van der Waals surface area contributed by atoms with Crippen molar-refractivity contribution in [3.8, 4) is 5.75 Å². The zero-order valence-corrected chi connectivity index (χ0v) is 9.42. The maximum atomic E-state index is 12.1. The van der Waals surface area contributed by atoms with Gasteiger partial charge in [-0.1, -0.05) is 18.2 Å². The molecule has 0 aliphatic rings. The van der Waals surface area contributed by atoms with Crippen molar-refractivity contribution >= 4 is 0 Å². The molecule has 1 N–H and O–H groups in total. The molecule has 0 amide bonds. The van der Waals surface area contributed by atoms with Crippen LogP contribution < -0.4 is 10.1 Å². The van der Waals surface area contributed by atoms with Crippen molar-refractivity contribution < 1.29 is 17.9 Å². The van der Waals surface area contributed by atoms with Crippen LogP contribution in [0.3, 0.4) is 0 Å². The van der Waals surface area contributed by atoms with Crippen LogP contribution in [0.25, 0.3) is 0 Å². The quantitative estimate of drug-likeness (QED) is 0.802. The number of ether oxygens (including phenoxy) is 1. The van der Waals surface area contributed by atoms with Crippen LogP contribution in [0.15, 0.2) is 36.9 Å². The van der Waals surface area contributed by atoms with E-state index in [0.29, 0.717) is 6.42 Å². The first kappa shape index (κ1) is 13.6. The molecule has 0 aromatic heterocycles. The molecule has 0 spiro atoms. The van der Waals surface area contributed by atoms with Gasteiger partial charge in [-0.15, -0.1) is 19.8 Å². The first-order valence-electron chi connectivity index (χ1n) is 5.10. The molecule has 1 aromatic rings. The van der Waals surface area contributed by atoms with Gasteiger partial charge in [0, 0.05) is 6.04 Å². The minimum atomic E-state index is -4.66. The topological polar surface area (TPSA) is 21.3 Å². The predicted molar refractivity (Wildman–Crippen MR) is 59.7 cm³/mol. The molecule has 0 bridgehead atoms. The SMILES string of the molecule is C=CCC(NC)c1cccc(OC(F)(F)F)c1. The maximum Gasteiger partial charge on any atom is 0.573 e. The average molecular weight is 245 g/mol. The van der Waals surface area contributed by atoms with E-state index in [-0.39, 0.29) is 11.8 Å². The van der Waals surface area contributed by atoms with Gasteiger partial charge in [0.2, 0.25) is 0 Å². The fourth-order valence-electron chi connectivity index (χ4n) is 1.52. The van der Waals surface area contributed by atoms with Crippen LogP contribution in [0, 0.1) is 0 Å². The second-order valence-corrected chi connectivity index (χ2v) is 3.49. The van der Waals surface area contributed by atoms with E-state index < -0.39 is 6.36 Å². The van der Waals surface area contributed by atoms with Crippen molar-refractivity contribution in [3.63, 3.8) is 0 Å². The van der Waals surface area contributed by atoms with Crippen molar-refractivity contribution in [1.29, 1.82) is 0 Å². The maximum absolute atomic E-state index is 12.1. The van der Waals surface area contributed by atoms with Crippen molar-refractivity contribution in [3.05, 3.63) is 42.5 Å². The van der Waals surface area contributed by atoms with Crippen LogP contribution in [0.1, 0.15) is 18.0 Å². The second kappa shape index (κ2) is 5.72. The van der Waals surface area contributed by atoms with Crippen LogP contribution in [0.4, 0.5) is 13.2 Å². The molecule has 0 saturated heterocycles. The average Bonchev–Trinajstić information content (AvgIpc) is 2.24. The Morgan fingerprint density at radius 3 is 2.71 bits per heavy atom. The second-order valence-electron chi connectivity index (χ2n) is 3.49. The number of halogens is 3. The van der Waals surface area contributed by atoms with Crippen LogP contribution in [-0.2, 0) is 0 Å². The molecule has 2 nitrogen and oxygen atoms in total. The minimum absolute atomic E-state index is 0.0655. The molecule has 17 heavy (non-hydrogen) atoms. The van der Waals surface area contributed by atoms with Gasteiger partial charge in [-0.25, -0.2) is 0 Å². The lowest BCUT2D eigenvalue weighted by Gasteiger charge is -2.16. The number of benzene rings is 1. The molecule has 1 unspecified atom stereocenters. The Kier molecular flexibility index (Phi) is 4.57. The van der Waals surface area contributed by atoms with Gasteiger partial charge < -0.3 is 10.1 Å². The lowest BCUT2D eigenvalue weighted by Crippen LogP contribution is -2.18. The van der Waals surface area contributed by atoms with E-state index in [2.05, 4.69) is 16.6 Å². The monoisotopic (exact) mass is 245 g/mol. The predicted octanol–water partition coefficient (Wildman–Crippen LogP) is 3.42. The van der Waals surface area contributed by atoms with E-state index in [9.17, 15) is 13.2 Å². The van der Waals surface area contributed by atoms with E-state index in [1.54, 1.807) is 19.2 Å². The van der Waals surface area contributed by atoms with Gasteiger partial charge in [0.1, 0.15) is 5.75 Å². The Balaban J connectivity index is 2.87. The molecule has 0 aliphatic heterocycles. The Hall–Kier alpha value is -1.49. The summed E-state index contributed by atoms with van der Waals surface area (Å²) in [6.07, 6.45) is -2.32. The first-order valence-corrected chi connectivity index (χ1v) is 5.10. The summed E-state index contributed by atoms with van der Waals surface area (Å²) in [5.74, 6) is -0.209. The molecular weight excluding hydrogens is 231 g/mol. The van der Waals surface area contributed by atoms with Crippen LogP contribution >= 0.6 is 0 Å². The highest BCUT2D eigenvalue weighted by Gasteiger charge is 2.31. The molecule has 0 radical (unpaired) electrons. The molecule has 5 heteroatoms. The van der Waals surface area contributed by atoms with Gasteiger partial charge in [0.25, 0.3) is 0 Å². The van der Waals surface area contributed by atoms with Gasteiger partial charge in [-0.2, -0.15) is 0 Å². The normalized spacial score (nSPS) is 13.2. The Labute approximate surface area is 98.1 Å². The molecule has 0 saturated carbocycles. The summed E-state index contributed by atoms with van der Waals surface area (Å²) >= 11 is 0. The number of alkyl halides is 3. The minimum Gasteiger partial charge on any atom is -0.406 e. The first-order chi connectivity index (χ1) is 7.96. The molecule has 94 valence electrons. The largest absolute Gasteiger partial charge is 0.573 e. The highest BCUT2D eigenvalue weighted by molar-refractivity contribution is 5.31. The third-order valence-corrected chi connectivity index (χ3v) is 2.24. The zero-order chi connectivity index (χ0) is 12.9. The summed E-state index contributed by atoms with van der Waals surface area (Å²) in [5, 5.41) is 3.00. The Morgan fingerprint density at radius 1 is 1.47 bits per heavy atom. The molecule has 1 atom stereocenters. The van der Waals surface area contributed by atoms with Gasteiger partial charge in [0.15, 0.2) is 0 Å². The smallest absolute Gasteiger partial charge is 0.406 e. The zero-order valence-electron chi connectivity index (χ0n) is 9.42. The number of rotatable bonds is 5. The summed E-state index contributed by atoms with van der Waals surface area (Å²) in [7, 11) is 1.74. The molecular formula is C12H14F3NO. The summed E-state index contributed by atoms with van der Waals surface area (Å²) in [6.45, 7) is 3.60. The third kappa shape index (κ3) is 4.48. The van der Waals surface area contributed by atoms with E-state index in [4.69, 9.17) is 0 Å². The summed E-state index contributed by atoms with van der Waals surface area (Å²) in [4.78, 5) is 0. The summed E-state index contributed by atoms with van der Waals surface area (Å²) in [6, 6.07) is 5.86. The number of hydrogen-bond acceptors (Lipinski definition) is 2. The number of hydrogen-bond donors (Lipinski definition) is 1. The van der Waals surface area contributed by atoms with Gasteiger partial charge >= 0.3 is 6.36 Å². The highest BCUT2D eigenvalue weighted by atomic mass is 19.4. The van der Waals surface area contributed by atoms with Gasteiger partial charge in [-0.3, -0.25) is 0 Å². The molecule has 1 rings (SSSR count). The fourth-order valence-corrected chi connectivity index (χ4v) is 1.52. The van der Waals surface area contributed by atoms with Gasteiger partial charge in [0.05, 0.1) is 0 Å². The van der Waals surface area contributed by atoms with E-state index in [1.165, 1.54) is 18.2 Å². The molecule has 0 aliphatic carbocycles. The summed E-state index contributed by atoms with van der Waals surface area (Å²) < 4.78 is 40.0. The van der Waals surface area contributed by atoms with Crippen LogP contribution in [-0.4, -0.2) is 13.4 Å². The van der Waals surface area contributed by atoms with Crippen LogP contribution in [0.2, 0.25) is 0 Å².